The smallest absolute Gasteiger partial charge is 0.279 e. The van der Waals surface area contributed by atoms with Crippen molar-refractivity contribution in [2.24, 2.45) is 4.40 Å². The van der Waals surface area contributed by atoms with E-state index in [-0.39, 0.29) is 40.5 Å². The molecule has 0 saturated carbocycles. The van der Waals surface area contributed by atoms with Crippen LogP contribution in [0.4, 0.5) is 5.69 Å². The van der Waals surface area contributed by atoms with Crippen LogP contribution in [-0.4, -0.2) is 44.3 Å². The fraction of sp³-hybridized carbons (Fsp3) is 0.364. The van der Waals surface area contributed by atoms with E-state index in [0.29, 0.717) is 18.1 Å². The maximum atomic E-state index is 12.3. The largest absolute Gasteiger partial charge is 0.505 e. The molecule has 32 heavy (non-hydrogen) atoms. The van der Waals surface area contributed by atoms with E-state index in [0.717, 1.165) is 11.0 Å². The second-order valence-electron chi connectivity index (χ2n) is 8.05. The summed E-state index contributed by atoms with van der Waals surface area (Å²) in [6.07, 6.45) is 2.33. The Balaban J connectivity index is 1.88. The van der Waals surface area contributed by atoms with E-state index in [4.69, 9.17) is 4.42 Å². The number of sulfonamides is 1. The first-order valence-corrected chi connectivity index (χ1v) is 11.7. The first-order valence-electron chi connectivity index (χ1n) is 10.2. The third-order valence-electron chi connectivity index (χ3n) is 5.05. The lowest BCUT2D eigenvalue weighted by molar-refractivity contribution is 0.0824. The summed E-state index contributed by atoms with van der Waals surface area (Å²) >= 11 is 0. The summed E-state index contributed by atoms with van der Waals surface area (Å²) in [7, 11) is -0.700. The molecule has 1 atom stereocenters. The molecule has 0 aliphatic carbocycles. The minimum absolute atomic E-state index is 0.0174. The predicted molar refractivity (Wildman–Crippen MR) is 123 cm³/mol. The van der Waals surface area contributed by atoms with Gasteiger partial charge in [-0.15, -0.1) is 4.40 Å². The average Bonchev–Trinajstić information content (AvgIpc) is 3.31. The molecule has 10 heteroatoms. The lowest BCUT2D eigenvalue weighted by Gasteiger charge is -2.19. The Morgan fingerprint density at radius 2 is 2.00 bits per heavy atom. The van der Waals surface area contributed by atoms with Crippen molar-refractivity contribution >= 4 is 27.5 Å². The van der Waals surface area contributed by atoms with E-state index in [1.54, 1.807) is 26.4 Å². The number of furan rings is 1. The molecule has 3 N–H and O–H groups in total. The minimum Gasteiger partial charge on any atom is -0.505 e. The minimum atomic E-state index is -3.85. The molecule has 172 valence electrons. The van der Waals surface area contributed by atoms with Crippen LogP contribution in [0.3, 0.4) is 0 Å². The van der Waals surface area contributed by atoms with Gasteiger partial charge in [0.25, 0.3) is 15.9 Å². The third-order valence-corrected chi connectivity index (χ3v) is 6.02. The number of hydrogen-bond acceptors (Lipinski definition) is 7. The Morgan fingerprint density at radius 3 is 2.59 bits per heavy atom. The predicted octanol–water partition coefficient (Wildman–Crippen LogP) is 3.55. The van der Waals surface area contributed by atoms with Crippen LogP contribution in [0.1, 0.15) is 60.8 Å². The number of benzene rings is 1. The normalized spacial score (nSPS) is 15.8. The van der Waals surface area contributed by atoms with Crippen molar-refractivity contribution in [3.05, 3.63) is 58.5 Å². The second-order valence-corrected chi connectivity index (χ2v) is 9.50. The average molecular weight is 461 g/mol. The Bertz CT molecular complexity index is 1180. The molecule has 0 fully saturated rings. The van der Waals surface area contributed by atoms with E-state index in [9.17, 15) is 18.3 Å². The standard InChI is InChI=1S/C22H28N4O5S/c1-6-16(19-10-14(11-31-19)13(2)3)23-18-12-32(29,30)25-21(18)24-17-9-7-8-15(20(17)27)22(28)26(4)5/h7-13,16,23,27H,6H2,1-5H3,(H,24,25)/t16-/m1/s1. The molecule has 1 aliphatic heterocycles. The maximum absolute atomic E-state index is 12.3. The van der Waals surface area contributed by atoms with Gasteiger partial charge in [0.1, 0.15) is 5.76 Å². The molecule has 0 saturated heterocycles. The molecule has 0 spiro atoms. The van der Waals surface area contributed by atoms with Crippen molar-refractivity contribution in [3.8, 4) is 5.75 Å². The van der Waals surface area contributed by atoms with Gasteiger partial charge in [-0.25, -0.2) is 0 Å². The zero-order chi connectivity index (χ0) is 23.6. The molecule has 0 unspecified atom stereocenters. The Hall–Kier alpha value is -3.27. The van der Waals surface area contributed by atoms with Gasteiger partial charge in [-0.2, -0.15) is 8.42 Å². The molecule has 1 amide bonds. The number of aromatic hydroxyl groups is 1. The highest BCUT2D eigenvalue weighted by Gasteiger charge is 2.27. The van der Waals surface area contributed by atoms with Crippen LogP contribution in [0.25, 0.3) is 0 Å². The fourth-order valence-corrected chi connectivity index (χ4v) is 4.13. The summed E-state index contributed by atoms with van der Waals surface area (Å²) in [4.78, 5) is 13.6. The fourth-order valence-electron chi connectivity index (χ4n) is 3.20. The highest BCUT2D eigenvalue weighted by atomic mass is 32.2. The van der Waals surface area contributed by atoms with E-state index in [2.05, 4.69) is 28.9 Å². The van der Waals surface area contributed by atoms with Gasteiger partial charge in [0.2, 0.25) is 0 Å². The topological polar surface area (TPSA) is 124 Å². The van der Waals surface area contributed by atoms with E-state index >= 15 is 0 Å². The third kappa shape index (κ3) is 4.96. The number of carbonyl (C=O) groups excluding carboxylic acids is 1. The van der Waals surface area contributed by atoms with Crippen molar-refractivity contribution in [1.29, 1.82) is 0 Å². The summed E-state index contributed by atoms with van der Waals surface area (Å²) in [5.74, 6) is 0.323. The summed E-state index contributed by atoms with van der Waals surface area (Å²) in [6.45, 7) is 6.07. The molecular weight excluding hydrogens is 432 g/mol. The quantitative estimate of drug-likeness (QED) is 0.540. The molecule has 9 nitrogen and oxygen atoms in total. The van der Waals surface area contributed by atoms with Gasteiger partial charge in [0.05, 0.1) is 34.7 Å². The van der Waals surface area contributed by atoms with Crippen molar-refractivity contribution in [2.75, 3.05) is 19.4 Å². The molecule has 1 aromatic heterocycles. The summed E-state index contributed by atoms with van der Waals surface area (Å²) < 4.78 is 33.8. The molecule has 0 radical (unpaired) electrons. The number of phenolic OH excluding ortho intramolecular Hbond substituents is 1. The number of amidine groups is 1. The van der Waals surface area contributed by atoms with Crippen molar-refractivity contribution in [3.63, 3.8) is 0 Å². The Labute approximate surface area is 187 Å². The van der Waals surface area contributed by atoms with Crippen molar-refractivity contribution in [1.82, 2.24) is 10.2 Å². The van der Waals surface area contributed by atoms with Crippen LogP contribution in [0, 0.1) is 0 Å². The van der Waals surface area contributed by atoms with Crippen LogP contribution in [0.15, 0.2) is 50.4 Å². The lowest BCUT2D eigenvalue weighted by atomic mass is 10.1. The number of amides is 1. The number of hydrogen-bond donors (Lipinski definition) is 3. The van der Waals surface area contributed by atoms with Crippen LogP contribution in [-0.2, 0) is 10.0 Å². The second kappa shape index (κ2) is 9.07. The number of nitrogens with zero attached hydrogens (tertiary/aromatic N) is 2. The highest BCUT2D eigenvalue weighted by molar-refractivity contribution is 7.93. The number of nitrogens with one attached hydrogen (secondary N) is 2. The first-order chi connectivity index (χ1) is 15.0. The van der Waals surface area contributed by atoms with Gasteiger partial charge < -0.3 is 25.1 Å². The number of phenols is 1. The van der Waals surface area contributed by atoms with Crippen LogP contribution >= 0.6 is 0 Å². The van der Waals surface area contributed by atoms with E-state index < -0.39 is 10.0 Å². The zero-order valence-corrected chi connectivity index (χ0v) is 19.5. The van der Waals surface area contributed by atoms with Gasteiger partial charge in [0.15, 0.2) is 11.6 Å². The molecular formula is C22H28N4O5S. The van der Waals surface area contributed by atoms with Crippen LogP contribution < -0.4 is 10.6 Å². The van der Waals surface area contributed by atoms with Gasteiger partial charge in [0, 0.05) is 14.1 Å². The summed E-state index contributed by atoms with van der Waals surface area (Å²) in [5, 5.41) is 17.6. The lowest BCUT2D eigenvalue weighted by Crippen LogP contribution is -2.28. The van der Waals surface area contributed by atoms with Gasteiger partial charge >= 0.3 is 0 Å². The van der Waals surface area contributed by atoms with Gasteiger partial charge in [-0.05, 0) is 36.1 Å². The maximum Gasteiger partial charge on any atom is 0.279 e. The zero-order valence-electron chi connectivity index (χ0n) is 18.7. The molecule has 0 bridgehead atoms. The molecule has 1 aromatic carbocycles. The number of rotatable bonds is 7. The highest BCUT2D eigenvalue weighted by Crippen LogP contribution is 2.31. The van der Waals surface area contributed by atoms with Gasteiger partial charge in [-0.3, -0.25) is 4.79 Å². The Morgan fingerprint density at radius 1 is 1.28 bits per heavy atom. The van der Waals surface area contributed by atoms with E-state index in [1.165, 1.54) is 17.0 Å². The molecule has 2 heterocycles. The van der Waals surface area contributed by atoms with Crippen molar-refractivity contribution < 1.29 is 22.7 Å². The molecule has 2 aromatic rings. The van der Waals surface area contributed by atoms with Gasteiger partial charge in [-0.1, -0.05) is 26.8 Å². The van der Waals surface area contributed by atoms with Crippen LogP contribution in [0.2, 0.25) is 0 Å². The van der Waals surface area contributed by atoms with Crippen molar-refractivity contribution in [2.45, 2.75) is 39.2 Å². The summed E-state index contributed by atoms with van der Waals surface area (Å²) in [5.41, 5.74) is 1.54. The van der Waals surface area contributed by atoms with E-state index in [1.807, 2.05) is 13.0 Å². The SMILES string of the molecule is CC[C@@H](NC1=CS(=O)(=O)N=C1Nc1cccc(C(=O)N(C)C)c1O)c1cc(C(C)C)co1. The summed E-state index contributed by atoms with van der Waals surface area (Å²) in [6, 6.07) is 6.27. The first kappa shape index (κ1) is 23.4. The van der Waals surface area contributed by atoms with Crippen LogP contribution in [0.5, 0.6) is 5.75 Å². The number of anilines is 1. The monoisotopic (exact) mass is 460 g/mol. The molecule has 1 aliphatic rings. The molecule has 3 rings (SSSR count). The Kier molecular flexibility index (Phi) is 6.63. The number of para-hydroxylation sites is 1. The number of carbonyl (C=O) groups is 1.